The molecular weight excluding hydrogens is 292 g/mol. The average Bonchev–Trinajstić information content (AvgIpc) is 2.83. The van der Waals surface area contributed by atoms with Gasteiger partial charge >= 0.3 is 0 Å². The van der Waals surface area contributed by atoms with Gasteiger partial charge in [0, 0.05) is 17.2 Å². The quantitative estimate of drug-likeness (QED) is 0.618. The molecule has 4 atom stereocenters. The van der Waals surface area contributed by atoms with Gasteiger partial charge in [-0.1, -0.05) is 12.8 Å². The number of thiol groups is 1. The summed E-state index contributed by atoms with van der Waals surface area (Å²) in [6, 6.07) is 5.73. The van der Waals surface area contributed by atoms with Crippen molar-refractivity contribution < 1.29 is 19.4 Å². The Morgan fingerprint density at radius 2 is 2.33 bits per heavy atom. The summed E-state index contributed by atoms with van der Waals surface area (Å²) in [7, 11) is 0. The number of benzene rings is 1. The van der Waals surface area contributed by atoms with Crippen LogP contribution in [-0.4, -0.2) is 35.9 Å². The van der Waals surface area contributed by atoms with Gasteiger partial charge in [-0.05, 0) is 24.6 Å². The van der Waals surface area contributed by atoms with Crippen LogP contribution in [-0.2, 0) is 9.53 Å². The number of primary amides is 1. The van der Waals surface area contributed by atoms with Gasteiger partial charge in [-0.25, -0.2) is 0 Å². The molecule has 3 rings (SSSR count). The van der Waals surface area contributed by atoms with Gasteiger partial charge in [0.2, 0.25) is 5.91 Å². The predicted octanol–water partition coefficient (Wildman–Crippen LogP) is 0.813. The number of ether oxygens (including phenoxy) is 2. The minimum absolute atomic E-state index is 0.0804. The van der Waals surface area contributed by atoms with Crippen LogP contribution in [0, 0.1) is 0 Å². The highest BCUT2D eigenvalue weighted by Crippen LogP contribution is 2.47. The zero-order valence-corrected chi connectivity index (χ0v) is 12.3. The van der Waals surface area contributed by atoms with E-state index in [1.54, 1.807) is 0 Å². The van der Waals surface area contributed by atoms with Gasteiger partial charge in [0.25, 0.3) is 0 Å². The average molecular weight is 310 g/mol. The lowest BCUT2D eigenvalue weighted by Gasteiger charge is -2.36. The van der Waals surface area contributed by atoms with E-state index in [0.717, 1.165) is 17.0 Å². The molecule has 0 saturated carbocycles. The molecule has 0 aromatic heterocycles. The zero-order valence-electron chi connectivity index (χ0n) is 11.4. The van der Waals surface area contributed by atoms with Crippen LogP contribution < -0.4 is 15.2 Å². The Morgan fingerprint density at radius 3 is 3.00 bits per heavy atom. The van der Waals surface area contributed by atoms with Crippen LogP contribution >= 0.6 is 12.8 Å². The van der Waals surface area contributed by atoms with Crippen molar-refractivity contribution in [1.82, 2.24) is 0 Å². The van der Waals surface area contributed by atoms with E-state index < -0.39 is 12.0 Å². The number of carbonyl (C=O) groups is 1. The van der Waals surface area contributed by atoms with E-state index in [2.05, 4.69) is 17.5 Å². The second-order valence-corrected chi connectivity index (χ2v) is 5.66. The number of hydrogen-bond acceptors (Lipinski definition) is 6. The Labute approximate surface area is 128 Å². The van der Waals surface area contributed by atoms with E-state index >= 15 is 0 Å². The molecule has 114 valence electrons. The summed E-state index contributed by atoms with van der Waals surface area (Å²) in [5, 5.41) is 9.52. The first-order chi connectivity index (χ1) is 10.1. The number of fused-ring (bicyclic) bond motifs is 3. The molecule has 4 unspecified atom stereocenters. The molecule has 0 spiro atoms. The highest BCUT2D eigenvalue weighted by Gasteiger charge is 2.46. The van der Waals surface area contributed by atoms with Crippen LogP contribution in [0.25, 0.3) is 0 Å². The van der Waals surface area contributed by atoms with Crippen molar-refractivity contribution in [1.29, 1.82) is 0 Å². The Balaban J connectivity index is 1.89. The molecule has 1 amide bonds. The summed E-state index contributed by atoms with van der Waals surface area (Å²) < 4.78 is 14.5. The molecule has 4 N–H and O–H groups in total. The number of carbonyl (C=O) groups excluding carboxylic acids is 1. The van der Waals surface area contributed by atoms with Crippen LogP contribution in [0.3, 0.4) is 0 Å². The second kappa shape index (κ2) is 5.75. The third kappa shape index (κ3) is 2.68. The summed E-state index contributed by atoms with van der Waals surface area (Å²) >= 11 is 4.05. The normalized spacial score (nSPS) is 30.2. The molecule has 1 aromatic rings. The summed E-state index contributed by atoms with van der Waals surface area (Å²) in [4.78, 5) is 11.1. The fourth-order valence-electron chi connectivity index (χ4n) is 3.18. The molecule has 21 heavy (non-hydrogen) atoms. The van der Waals surface area contributed by atoms with Crippen molar-refractivity contribution in [3.8, 4) is 5.75 Å². The van der Waals surface area contributed by atoms with E-state index in [0.29, 0.717) is 6.42 Å². The minimum atomic E-state index is -0.451. The van der Waals surface area contributed by atoms with Gasteiger partial charge in [0.1, 0.15) is 18.0 Å². The molecular formula is C14H18N2O4S. The standard InChI is InChI=1S/C14H18N2O4S/c15-13(18)5-8-4-10-9-3-7(16-21)1-2-11(9)20-14(10)12(6-17)19-8/h1-3,8,10,12,14,16-17,21H,4-6H2,(H2,15,18). The highest BCUT2D eigenvalue weighted by atomic mass is 32.1. The lowest BCUT2D eigenvalue weighted by molar-refractivity contribution is -0.140. The molecule has 6 nitrogen and oxygen atoms in total. The van der Waals surface area contributed by atoms with E-state index in [1.165, 1.54) is 0 Å². The summed E-state index contributed by atoms with van der Waals surface area (Å²) in [5.41, 5.74) is 7.18. The fourth-order valence-corrected chi connectivity index (χ4v) is 3.32. The van der Waals surface area contributed by atoms with Crippen LogP contribution in [0.5, 0.6) is 5.75 Å². The van der Waals surface area contributed by atoms with Gasteiger partial charge in [-0.2, -0.15) is 0 Å². The number of nitrogens with two attached hydrogens (primary N) is 1. The topological polar surface area (TPSA) is 93.8 Å². The first-order valence-corrected chi connectivity index (χ1v) is 7.32. The summed E-state index contributed by atoms with van der Waals surface area (Å²) in [6.07, 6.45) is -0.174. The minimum Gasteiger partial charge on any atom is -0.487 e. The maximum absolute atomic E-state index is 11.1. The lowest BCUT2D eigenvalue weighted by atomic mass is 9.84. The molecule has 0 bridgehead atoms. The lowest BCUT2D eigenvalue weighted by Crippen LogP contribution is -2.47. The number of rotatable bonds is 4. The maximum Gasteiger partial charge on any atom is 0.220 e. The first kappa shape index (κ1) is 14.5. The Morgan fingerprint density at radius 1 is 1.52 bits per heavy atom. The van der Waals surface area contributed by atoms with E-state index in [1.807, 2.05) is 18.2 Å². The van der Waals surface area contributed by atoms with Crippen molar-refractivity contribution >= 4 is 24.4 Å². The molecule has 1 fully saturated rings. The largest absolute Gasteiger partial charge is 0.487 e. The van der Waals surface area contributed by atoms with Crippen molar-refractivity contribution in [2.24, 2.45) is 5.73 Å². The van der Waals surface area contributed by atoms with Crippen LogP contribution in [0.1, 0.15) is 24.3 Å². The van der Waals surface area contributed by atoms with Crippen molar-refractivity contribution in [2.45, 2.75) is 37.1 Å². The van der Waals surface area contributed by atoms with Gasteiger partial charge in [0.15, 0.2) is 0 Å². The molecule has 1 saturated heterocycles. The van der Waals surface area contributed by atoms with Crippen LogP contribution in [0.15, 0.2) is 18.2 Å². The number of nitrogens with one attached hydrogen (secondary N) is 1. The van der Waals surface area contributed by atoms with Gasteiger partial charge < -0.3 is 25.0 Å². The zero-order chi connectivity index (χ0) is 15.0. The third-order valence-electron chi connectivity index (χ3n) is 4.06. The van der Waals surface area contributed by atoms with E-state index in [4.69, 9.17) is 15.2 Å². The number of anilines is 1. The summed E-state index contributed by atoms with van der Waals surface area (Å²) in [6.45, 7) is -0.151. The Hall–Kier alpha value is -1.44. The molecule has 2 heterocycles. The van der Waals surface area contributed by atoms with Gasteiger partial charge in [-0.3, -0.25) is 4.79 Å². The molecule has 2 aliphatic rings. The van der Waals surface area contributed by atoms with Gasteiger partial charge in [0.05, 0.1) is 19.1 Å². The smallest absolute Gasteiger partial charge is 0.220 e. The van der Waals surface area contributed by atoms with Crippen molar-refractivity contribution in [3.05, 3.63) is 23.8 Å². The Kier molecular flexibility index (Phi) is 3.97. The monoisotopic (exact) mass is 310 g/mol. The predicted molar refractivity (Wildman–Crippen MR) is 80.4 cm³/mol. The molecule has 0 radical (unpaired) electrons. The van der Waals surface area contributed by atoms with E-state index in [9.17, 15) is 9.90 Å². The number of amides is 1. The SMILES string of the molecule is NC(=O)CC1CC2c3cc(NS)ccc3OC2C(CO)O1. The van der Waals surface area contributed by atoms with Crippen molar-refractivity contribution in [3.63, 3.8) is 0 Å². The molecule has 0 aliphatic carbocycles. The van der Waals surface area contributed by atoms with E-state index in [-0.39, 0.29) is 31.2 Å². The van der Waals surface area contributed by atoms with Crippen LogP contribution in [0.2, 0.25) is 0 Å². The molecule has 1 aromatic carbocycles. The Bertz CT molecular complexity index is 554. The highest BCUT2D eigenvalue weighted by molar-refractivity contribution is 7.81. The first-order valence-electron chi connectivity index (χ1n) is 6.87. The fraction of sp³-hybridized carbons (Fsp3) is 0.500. The van der Waals surface area contributed by atoms with Gasteiger partial charge in [-0.15, -0.1) is 0 Å². The second-order valence-electron chi connectivity index (χ2n) is 5.44. The third-order valence-corrected chi connectivity index (χ3v) is 4.32. The van der Waals surface area contributed by atoms with Crippen LogP contribution in [0.4, 0.5) is 5.69 Å². The number of hydrogen-bond donors (Lipinski definition) is 4. The summed E-state index contributed by atoms with van der Waals surface area (Å²) in [5.74, 6) is 0.469. The maximum atomic E-state index is 11.1. The van der Waals surface area contributed by atoms with Crippen molar-refractivity contribution in [2.75, 3.05) is 11.3 Å². The number of aliphatic hydroxyl groups excluding tert-OH is 1. The number of aliphatic hydroxyl groups is 1. The molecule has 2 aliphatic heterocycles. The molecule has 7 heteroatoms.